The molecule has 1 aliphatic rings. The van der Waals surface area contributed by atoms with Crippen LogP contribution in [0.4, 0.5) is 0 Å². The minimum Gasteiger partial charge on any atom is -0.493 e. The maximum atomic E-state index is 11.1. The molecule has 0 bridgehead atoms. The summed E-state index contributed by atoms with van der Waals surface area (Å²) < 4.78 is 5.44. The lowest BCUT2D eigenvalue weighted by molar-refractivity contribution is -0.128. The Bertz CT molecular complexity index is 490. The number of rotatable bonds is 2. The average Bonchev–Trinajstić information content (AvgIpc) is 2.37. The van der Waals surface area contributed by atoms with Gasteiger partial charge in [-0.3, -0.25) is 0 Å². The molecule has 2 unspecified atom stereocenters. The number of aliphatic hydroxyl groups is 1. The van der Waals surface area contributed by atoms with Crippen molar-refractivity contribution in [1.82, 2.24) is 0 Å². The van der Waals surface area contributed by atoms with Gasteiger partial charge in [-0.25, -0.2) is 0 Å². The van der Waals surface area contributed by atoms with Crippen LogP contribution in [0.1, 0.15) is 18.9 Å². The molecule has 2 atom stereocenters. The number of ether oxygens (including phenoxy) is 1. The number of carbonyl (C=O) groups excluding carboxylic acids is 1. The molecule has 4 nitrogen and oxygen atoms in total. The van der Waals surface area contributed by atoms with E-state index in [-0.39, 0.29) is 0 Å². The van der Waals surface area contributed by atoms with Crippen LogP contribution in [0.25, 0.3) is 0 Å². The molecule has 17 heavy (non-hydrogen) atoms. The summed E-state index contributed by atoms with van der Waals surface area (Å²) in [4.78, 5) is 11.1. The second-order valence-corrected chi connectivity index (χ2v) is 4.38. The lowest BCUT2D eigenvalue weighted by atomic mass is 9.66. The Morgan fingerprint density at radius 2 is 2.29 bits per heavy atom. The summed E-state index contributed by atoms with van der Waals surface area (Å²) in [7, 11) is 0. The van der Waals surface area contributed by atoms with E-state index in [4.69, 9.17) is 4.74 Å². The molecule has 0 aliphatic carbocycles. The first-order chi connectivity index (χ1) is 8.07. The van der Waals surface area contributed by atoms with Crippen LogP contribution < -0.4 is 4.74 Å². The van der Waals surface area contributed by atoms with Crippen LogP contribution in [0.2, 0.25) is 0 Å². The number of fused-ring (bicyclic) bond motifs is 1. The zero-order chi connectivity index (χ0) is 12.5. The summed E-state index contributed by atoms with van der Waals surface area (Å²) in [6, 6.07) is 9.12. The van der Waals surface area contributed by atoms with Gasteiger partial charge in [0.2, 0.25) is 0 Å². The number of nitriles is 1. The van der Waals surface area contributed by atoms with Gasteiger partial charge in [0, 0.05) is 12.0 Å². The van der Waals surface area contributed by atoms with Crippen molar-refractivity contribution >= 4 is 6.29 Å². The Morgan fingerprint density at radius 1 is 1.59 bits per heavy atom. The molecular formula is C13H13NO3. The Labute approximate surface area is 99.4 Å². The van der Waals surface area contributed by atoms with E-state index in [9.17, 15) is 15.2 Å². The highest BCUT2D eigenvalue weighted by Crippen LogP contribution is 2.44. The van der Waals surface area contributed by atoms with E-state index >= 15 is 0 Å². The van der Waals surface area contributed by atoms with Crippen molar-refractivity contribution in [2.24, 2.45) is 0 Å². The summed E-state index contributed by atoms with van der Waals surface area (Å²) in [5.74, 6) is 0.558. The van der Waals surface area contributed by atoms with Gasteiger partial charge in [0.05, 0.1) is 12.7 Å². The maximum absolute atomic E-state index is 11.1. The van der Waals surface area contributed by atoms with Gasteiger partial charge in [-0.2, -0.15) is 5.26 Å². The topological polar surface area (TPSA) is 70.3 Å². The highest BCUT2D eigenvalue weighted by atomic mass is 16.5. The summed E-state index contributed by atoms with van der Waals surface area (Å²) in [6.07, 6.45) is 0.727. The second kappa shape index (κ2) is 3.86. The average molecular weight is 231 g/mol. The molecule has 1 N–H and O–H groups in total. The van der Waals surface area contributed by atoms with E-state index in [0.717, 1.165) is 0 Å². The standard InChI is InChI=1S/C13H13NO3/c1-12(16,9-15)13(8-14)6-7-17-11-5-3-2-4-10(11)13/h2-5,9,16H,6-7H2,1H3. The van der Waals surface area contributed by atoms with Crippen LogP contribution >= 0.6 is 0 Å². The van der Waals surface area contributed by atoms with Gasteiger partial charge in [-0.05, 0) is 13.0 Å². The predicted molar refractivity (Wildman–Crippen MR) is 60.5 cm³/mol. The Hall–Kier alpha value is -1.86. The van der Waals surface area contributed by atoms with Crippen molar-refractivity contribution in [2.45, 2.75) is 24.4 Å². The summed E-state index contributed by atoms with van der Waals surface area (Å²) in [5, 5.41) is 19.6. The smallest absolute Gasteiger partial charge is 0.153 e. The fraction of sp³-hybridized carbons (Fsp3) is 0.385. The van der Waals surface area contributed by atoms with Gasteiger partial charge in [-0.15, -0.1) is 0 Å². The van der Waals surface area contributed by atoms with Crippen LogP contribution in [0.3, 0.4) is 0 Å². The van der Waals surface area contributed by atoms with Crippen LogP contribution in [0.5, 0.6) is 5.75 Å². The van der Waals surface area contributed by atoms with Crippen molar-refractivity contribution in [3.8, 4) is 11.8 Å². The number of para-hydroxylation sites is 1. The van der Waals surface area contributed by atoms with Crippen LogP contribution in [-0.2, 0) is 10.2 Å². The zero-order valence-corrected chi connectivity index (χ0v) is 9.51. The molecule has 0 fully saturated rings. The highest BCUT2D eigenvalue weighted by molar-refractivity contribution is 5.69. The molecule has 0 aromatic heterocycles. The molecule has 0 saturated heterocycles. The van der Waals surface area contributed by atoms with E-state index in [1.807, 2.05) is 0 Å². The molecule has 1 aliphatic heterocycles. The lowest BCUT2D eigenvalue weighted by Crippen LogP contribution is -2.52. The fourth-order valence-electron chi connectivity index (χ4n) is 2.25. The first-order valence-corrected chi connectivity index (χ1v) is 5.40. The Kier molecular flexibility index (Phi) is 2.64. The predicted octanol–water partition coefficient (Wildman–Crippen LogP) is 1.18. The Balaban J connectivity index is 2.67. The number of benzene rings is 1. The molecular weight excluding hydrogens is 218 g/mol. The lowest BCUT2D eigenvalue weighted by Gasteiger charge is -2.40. The van der Waals surface area contributed by atoms with Gasteiger partial charge in [0.25, 0.3) is 0 Å². The monoisotopic (exact) mass is 231 g/mol. The van der Waals surface area contributed by atoms with Gasteiger partial charge in [0.15, 0.2) is 6.29 Å². The van der Waals surface area contributed by atoms with Gasteiger partial charge in [-0.1, -0.05) is 18.2 Å². The van der Waals surface area contributed by atoms with Gasteiger partial charge < -0.3 is 14.6 Å². The summed E-state index contributed by atoms with van der Waals surface area (Å²) in [5.41, 5.74) is -2.38. The van der Waals surface area contributed by atoms with E-state index in [1.165, 1.54) is 6.92 Å². The first kappa shape index (κ1) is 11.6. The maximum Gasteiger partial charge on any atom is 0.153 e. The zero-order valence-electron chi connectivity index (χ0n) is 9.51. The van der Waals surface area contributed by atoms with Crippen LogP contribution in [-0.4, -0.2) is 23.6 Å². The van der Waals surface area contributed by atoms with Crippen molar-refractivity contribution in [3.05, 3.63) is 29.8 Å². The SMILES string of the molecule is CC(O)(C=O)C1(C#N)CCOc2ccccc21. The number of aldehydes is 1. The van der Waals surface area contributed by atoms with Crippen LogP contribution in [0, 0.1) is 11.3 Å². The van der Waals surface area contributed by atoms with Gasteiger partial charge in [0.1, 0.15) is 16.8 Å². The minimum atomic E-state index is -1.72. The van der Waals surface area contributed by atoms with Crippen molar-refractivity contribution in [3.63, 3.8) is 0 Å². The molecule has 0 amide bonds. The third-order valence-electron chi connectivity index (χ3n) is 3.37. The molecule has 0 radical (unpaired) electrons. The van der Waals surface area contributed by atoms with Crippen molar-refractivity contribution in [2.75, 3.05) is 6.61 Å². The van der Waals surface area contributed by atoms with E-state index in [1.54, 1.807) is 24.3 Å². The van der Waals surface area contributed by atoms with Gasteiger partial charge >= 0.3 is 0 Å². The highest BCUT2D eigenvalue weighted by Gasteiger charge is 2.52. The molecule has 88 valence electrons. The quantitative estimate of drug-likeness (QED) is 0.776. The number of hydrogen-bond donors (Lipinski definition) is 1. The molecule has 2 rings (SSSR count). The molecule has 1 aromatic carbocycles. The first-order valence-electron chi connectivity index (χ1n) is 5.40. The van der Waals surface area contributed by atoms with E-state index in [2.05, 4.69) is 6.07 Å². The summed E-state index contributed by atoms with van der Waals surface area (Å²) >= 11 is 0. The van der Waals surface area contributed by atoms with Crippen LogP contribution in [0.15, 0.2) is 24.3 Å². The van der Waals surface area contributed by atoms with E-state index in [0.29, 0.717) is 30.6 Å². The summed E-state index contributed by atoms with van der Waals surface area (Å²) in [6.45, 7) is 1.68. The minimum absolute atomic E-state index is 0.298. The second-order valence-electron chi connectivity index (χ2n) is 4.38. The fourth-order valence-corrected chi connectivity index (χ4v) is 2.25. The largest absolute Gasteiger partial charge is 0.493 e. The van der Waals surface area contributed by atoms with E-state index < -0.39 is 11.0 Å². The number of carbonyl (C=O) groups is 1. The third-order valence-corrected chi connectivity index (χ3v) is 3.37. The molecule has 4 heteroatoms. The molecule has 0 saturated carbocycles. The molecule has 0 spiro atoms. The van der Waals surface area contributed by atoms with Crippen molar-refractivity contribution < 1.29 is 14.6 Å². The number of hydrogen-bond acceptors (Lipinski definition) is 4. The third kappa shape index (κ3) is 1.51. The number of nitrogens with zero attached hydrogens (tertiary/aromatic N) is 1. The molecule has 1 aromatic rings. The molecule has 1 heterocycles. The van der Waals surface area contributed by atoms with Crippen molar-refractivity contribution in [1.29, 1.82) is 5.26 Å². The normalized spacial score (nSPS) is 25.9. The Morgan fingerprint density at radius 3 is 2.94 bits per heavy atom.